The van der Waals surface area contributed by atoms with Gasteiger partial charge in [-0.15, -0.1) is 0 Å². The average Bonchev–Trinajstić information content (AvgIpc) is 2.83. The molecule has 0 spiro atoms. The van der Waals surface area contributed by atoms with Gasteiger partial charge in [-0.05, 0) is 25.0 Å². The molecule has 0 atom stereocenters. The molecule has 21 heavy (non-hydrogen) atoms. The summed E-state index contributed by atoms with van der Waals surface area (Å²) in [6.45, 7) is 0. The van der Waals surface area contributed by atoms with Crippen LogP contribution < -0.4 is 4.74 Å². The second-order valence-electron chi connectivity index (χ2n) is 5.50. The third-order valence-electron chi connectivity index (χ3n) is 4.11. The zero-order valence-electron chi connectivity index (χ0n) is 12.2. The third kappa shape index (κ3) is 2.86. The van der Waals surface area contributed by atoms with Crippen LogP contribution in [0.5, 0.6) is 11.5 Å². The van der Waals surface area contributed by atoms with Gasteiger partial charge in [0.1, 0.15) is 0 Å². The minimum Gasteiger partial charge on any atom is -0.504 e. The van der Waals surface area contributed by atoms with Crippen molar-refractivity contribution >= 4 is 0 Å². The highest BCUT2D eigenvalue weighted by molar-refractivity contribution is 5.66. The van der Waals surface area contributed by atoms with Crippen molar-refractivity contribution in [2.75, 3.05) is 7.11 Å². The highest BCUT2D eigenvalue weighted by Gasteiger charge is 2.22. The number of hydrogen-bond acceptors (Lipinski definition) is 5. The van der Waals surface area contributed by atoms with Crippen LogP contribution in [-0.2, 0) is 0 Å². The topological polar surface area (TPSA) is 68.4 Å². The molecule has 1 aromatic carbocycles. The maximum atomic E-state index is 10.2. The molecule has 1 aromatic heterocycles. The fourth-order valence-corrected chi connectivity index (χ4v) is 2.91. The predicted octanol–water partition coefficient (Wildman–Crippen LogP) is 3.89. The average molecular weight is 288 g/mol. The van der Waals surface area contributed by atoms with Gasteiger partial charge >= 0.3 is 0 Å². The number of para-hydroxylation sites is 1. The smallest absolute Gasteiger partial charge is 0.261 e. The Kier molecular flexibility index (Phi) is 4.08. The van der Waals surface area contributed by atoms with Crippen LogP contribution in [-0.4, -0.2) is 22.4 Å². The largest absolute Gasteiger partial charge is 0.504 e. The van der Waals surface area contributed by atoms with E-state index in [4.69, 9.17) is 9.26 Å². The number of methoxy groups -OCH3 is 1. The summed E-state index contributed by atoms with van der Waals surface area (Å²) in [5.74, 6) is 1.93. The molecule has 0 aliphatic heterocycles. The van der Waals surface area contributed by atoms with Crippen LogP contribution in [0.2, 0.25) is 0 Å². The van der Waals surface area contributed by atoms with Gasteiger partial charge in [0, 0.05) is 5.92 Å². The molecular formula is C16H20N2O3. The first kappa shape index (κ1) is 13.9. The maximum absolute atomic E-state index is 10.2. The molecule has 3 rings (SSSR count). The van der Waals surface area contributed by atoms with E-state index in [1.165, 1.54) is 32.8 Å². The van der Waals surface area contributed by atoms with Crippen LogP contribution in [0.3, 0.4) is 0 Å². The molecule has 1 aliphatic rings. The Balaban J connectivity index is 1.87. The van der Waals surface area contributed by atoms with E-state index < -0.39 is 0 Å². The van der Waals surface area contributed by atoms with Gasteiger partial charge in [0.05, 0.1) is 12.7 Å². The first-order chi connectivity index (χ1) is 10.3. The van der Waals surface area contributed by atoms with Crippen molar-refractivity contribution in [1.29, 1.82) is 0 Å². The molecule has 0 amide bonds. The summed E-state index contributed by atoms with van der Waals surface area (Å²) in [4.78, 5) is 4.49. The van der Waals surface area contributed by atoms with Crippen molar-refractivity contribution in [1.82, 2.24) is 10.1 Å². The second-order valence-corrected chi connectivity index (χ2v) is 5.50. The molecular weight excluding hydrogens is 268 g/mol. The summed E-state index contributed by atoms with van der Waals surface area (Å²) in [5, 5.41) is 14.3. The van der Waals surface area contributed by atoms with Gasteiger partial charge in [-0.2, -0.15) is 4.98 Å². The van der Waals surface area contributed by atoms with Crippen molar-refractivity contribution in [2.45, 2.75) is 44.4 Å². The molecule has 2 aromatic rings. The summed E-state index contributed by atoms with van der Waals surface area (Å²) in [6.07, 6.45) is 7.25. The molecule has 0 radical (unpaired) electrons. The fraction of sp³-hybridized carbons (Fsp3) is 0.500. The number of hydrogen-bond donors (Lipinski definition) is 1. The standard InChI is InChI=1S/C16H20N2O3/c1-20-13-10-6-9-12(14(13)19)16-17-15(18-21-16)11-7-4-2-3-5-8-11/h6,9-11,19H,2-5,7-8H2,1H3. The number of phenolic OH excluding ortho intramolecular Hbond substituents is 1. The maximum Gasteiger partial charge on any atom is 0.261 e. The van der Waals surface area contributed by atoms with Gasteiger partial charge in [0.15, 0.2) is 17.3 Å². The molecule has 0 bridgehead atoms. The van der Waals surface area contributed by atoms with Crippen LogP contribution >= 0.6 is 0 Å². The van der Waals surface area contributed by atoms with Crippen LogP contribution in [0, 0.1) is 0 Å². The van der Waals surface area contributed by atoms with Gasteiger partial charge in [-0.1, -0.05) is 36.9 Å². The van der Waals surface area contributed by atoms with Crippen molar-refractivity contribution in [3.8, 4) is 23.0 Å². The lowest BCUT2D eigenvalue weighted by Crippen LogP contribution is -1.99. The molecule has 0 unspecified atom stereocenters. The number of aromatic nitrogens is 2. The minimum absolute atomic E-state index is 0.0380. The fourth-order valence-electron chi connectivity index (χ4n) is 2.91. The van der Waals surface area contributed by atoms with Crippen molar-refractivity contribution in [2.24, 2.45) is 0 Å². The Morgan fingerprint density at radius 2 is 1.95 bits per heavy atom. The lowest BCUT2D eigenvalue weighted by atomic mass is 10.00. The Morgan fingerprint density at radius 1 is 1.19 bits per heavy atom. The van der Waals surface area contributed by atoms with Crippen LogP contribution in [0.15, 0.2) is 22.7 Å². The molecule has 5 heteroatoms. The number of rotatable bonds is 3. The van der Waals surface area contributed by atoms with Gasteiger partial charge in [-0.3, -0.25) is 0 Å². The van der Waals surface area contributed by atoms with Crippen LogP contribution in [0.25, 0.3) is 11.5 Å². The highest BCUT2D eigenvalue weighted by atomic mass is 16.5. The Morgan fingerprint density at radius 3 is 2.67 bits per heavy atom. The van der Waals surface area contributed by atoms with E-state index in [2.05, 4.69) is 10.1 Å². The second kappa shape index (κ2) is 6.16. The summed E-state index contributed by atoms with van der Waals surface area (Å²) >= 11 is 0. The van der Waals surface area contributed by atoms with E-state index in [0.717, 1.165) is 18.7 Å². The Hall–Kier alpha value is -2.04. The molecule has 1 N–H and O–H groups in total. The molecule has 1 heterocycles. The lowest BCUT2D eigenvalue weighted by molar-refractivity contribution is 0.371. The highest BCUT2D eigenvalue weighted by Crippen LogP contribution is 2.37. The quantitative estimate of drug-likeness (QED) is 0.868. The first-order valence-corrected chi connectivity index (χ1v) is 7.49. The summed E-state index contributed by atoms with van der Waals surface area (Å²) in [6, 6.07) is 5.24. The Labute approximate surface area is 123 Å². The zero-order chi connectivity index (χ0) is 14.7. The van der Waals surface area contributed by atoms with Gasteiger partial charge in [0.2, 0.25) is 0 Å². The van der Waals surface area contributed by atoms with Gasteiger partial charge in [0.25, 0.3) is 5.89 Å². The van der Waals surface area contributed by atoms with E-state index in [-0.39, 0.29) is 5.75 Å². The van der Waals surface area contributed by atoms with Gasteiger partial charge in [-0.25, -0.2) is 0 Å². The van der Waals surface area contributed by atoms with Crippen molar-refractivity contribution in [3.63, 3.8) is 0 Å². The van der Waals surface area contributed by atoms with Crippen LogP contribution in [0.4, 0.5) is 0 Å². The number of benzene rings is 1. The molecule has 1 saturated carbocycles. The van der Waals surface area contributed by atoms with Gasteiger partial charge < -0.3 is 14.4 Å². The third-order valence-corrected chi connectivity index (χ3v) is 4.11. The molecule has 5 nitrogen and oxygen atoms in total. The SMILES string of the molecule is COc1cccc(-c2nc(C3CCCCCC3)no2)c1O. The van der Waals surface area contributed by atoms with E-state index in [1.807, 2.05) is 0 Å². The van der Waals surface area contributed by atoms with E-state index in [9.17, 15) is 5.11 Å². The van der Waals surface area contributed by atoms with Crippen molar-refractivity contribution in [3.05, 3.63) is 24.0 Å². The first-order valence-electron chi connectivity index (χ1n) is 7.49. The summed E-state index contributed by atoms with van der Waals surface area (Å²) in [7, 11) is 1.52. The number of nitrogens with zero attached hydrogens (tertiary/aromatic N) is 2. The van der Waals surface area contributed by atoms with E-state index in [1.54, 1.807) is 18.2 Å². The monoisotopic (exact) mass is 288 g/mol. The summed E-state index contributed by atoms with van der Waals surface area (Å²) in [5.41, 5.74) is 0.515. The molecule has 1 aliphatic carbocycles. The molecule has 112 valence electrons. The van der Waals surface area contributed by atoms with Crippen molar-refractivity contribution < 1.29 is 14.4 Å². The molecule has 1 fully saturated rings. The number of phenols is 1. The number of aromatic hydroxyl groups is 1. The normalized spacial score (nSPS) is 16.6. The van der Waals surface area contributed by atoms with E-state index >= 15 is 0 Å². The minimum atomic E-state index is 0.0380. The Bertz CT molecular complexity index is 601. The zero-order valence-corrected chi connectivity index (χ0v) is 12.2. The summed E-state index contributed by atoms with van der Waals surface area (Å²) < 4.78 is 10.5. The van der Waals surface area contributed by atoms with Crippen LogP contribution in [0.1, 0.15) is 50.3 Å². The predicted molar refractivity (Wildman–Crippen MR) is 78.4 cm³/mol. The molecule has 0 saturated heterocycles. The number of ether oxygens (including phenoxy) is 1. The lowest BCUT2D eigenvalue weighted by Gasteiger charge is -2.07. The van der Waals surface area contributed by atoms with E-state index in [0.29, 0.717) is 23.1 Å².